The van der Waals surface area contributed by atoms with Crippen LogP contribution in [0.1, 0.15) is 18.0 Å². The molecule has 2 aromatic heterocycles. The van der Waals surface area contributed by atoms with Crippen molar-refractivity contribution in [2.24, 2.45) is 0 Å². The Morgan fingerprint density at radius 2 is 2.32 bits per heavy atom. The molecule has 0 radical (unpaired) electrons. The van der Waals surface area contributed by atoms with Gasteiger partial charge in [0.15, 0.2) is 6.23 Å². The highest BCUT2D eigenvalue weighted by Gasteiger charge is 2.50. The topological polar surface area (TPSA) is 124 Å². The largest absolute Gasteiger partial charge is 0.394 e. The molecule has 1 fully saturated rings. The molecule has 2 aliphatic heterocycles. The van der Waals surface area contributed by atoms with Gasteiger partial charge in [-0.15, -0.1) is 5.10 Å². The van der Waals surface area contributed by atoms with E-state index in [0.29, 0.717) is 0 Å². The number of hydrogen-bond acceptors (Lipinski definition) is 7. The van der Waals surface area contributed by atoms with Crippen LogP contribution in [0.4, 0.5) is 0 Å². The van der Waals surface area contributed by atoms with Gasteiger partial charge >= 0.3 is 5.69 Å². The number of nitrogens with one attached hydrogen (secondary N) is 1. The third-order valence-corrected chi connectivity index (χ3v) is 3.97. The van der Waals surface area contributed by atoms with E-state index < -0.39 is 29.7 Å². The Labute approximate surface area is 122 Å². The van der Waals surface area contributed by atoms with Crippen LogP contribution in [0, 0.1) is 0 Å². The van der Waals surface area contributed by atoms with E-state index >= 15 is 0 Å². The smallest absolute Gasteiger partial charge is 0.330 e. The summed E-state index contributed by atoms with van der Waals surface area (Å²) < 4.78 is 14.5. The highest BCUT2D eigenvalue weighted by molar-refractivity contribution is 5.05. The summed E-state index contributed by atoms with van der Waals surface area (Å²) in [5.41, 5.74) is -0.307. The van der Waals surface area contributed by atoms with E-state index in [1.165, 1.54) is 16.8 Å². The quantitative estimate of drug-likeness (QED) is 0.668. The SMILES string of the molecule is O=c1ccn([C@@H]2O[C@H](CO)[C@@H]3[C@@H]2OCc2cnnn23)c(=O)[nH]1. The summed E-state index contributed by atoms with van der Waals surface area (Å²) in [5.74, 6) is 0. The van der Waals surface area contributed by atoms with Crippen molar-refractivity contribution < 1.29 is 14.6 Å². The van der Waals surface area contributed by atoms with Crippen molar-refractivity contribution >= 4 is 0 Å². The Balaban J connectivity index is 1.78. The molecule has 0 unspecified atom stereocenters. The number of aromatic amines is 1. The number of aliphatic hydroxyl groups excluding tert-OH is 1. The second-order valence-electron chi connectivity index (χ2n) is 5.20. The normalized spacial score (nSPS) is 30.0. The van der Waals surface area contributed by atoms with Crippen LogP contribution < -0.4 is 11.2 Å². The first-order valence-electron chi connectivity index (χ1n) is 6.77. The lowest BCUT2D eigenvalue weighted by molar-refractivity contribution is -0.0824. The molecule has 4 rings (SSSR count). The van der Waals surface area contributed by atoms with Crippen molar-refractivity contribution in [3.63, 3.8) is 0 Å². The summed E-state index contributed by atoms with van der Waals surface area (Å²) in [5, 5.41) is 17.4. The standard InChI is InChI=1S/C12H13N5O5/c18-4-7-9-10(21-5-6-3-13-15-17(6)9)11(22-7)16-2-1-8(19)14-12(16)20/h1-3,7,9-11,18H,4-5H2,(H,14,19,20)/t7-,9-,10+,11-/m1/s1. The van der Waals surface area contributed by atoms with E-state index in [0.717, 1.165) is 5.69 Å². The van der Waals surface area contributed by atoms with E-state index in [2.05, 4.69) is 15.3 Å². The van der Waals surface area contributed by atoms with Crippen molar-refractivity contribution in [3.8, 4) is 0 Å². The Hall–Kier alpha value is -2.30. The molecular formula is C12H13N5O5. The van der Waals surface area contributed by atoms with Gasteiger partial charge in [-0.05, 0) is 0 Å². The molecule has 0 aliphatic carbocycles. The van der Waals surface area contributed by atoms with Crippen LogP contribution in [0.5, 0.6) is 0 Å². The zero-order valence-corrected chi connectivity index (χ0v) is 11.3. The molecule has 2 aliphatic rings. The van der Waals surface area contributed by atoms with Crippen LogP contribution >= 0.6 is 0 Å². The van der Waals surface area contributed by atoms with Gasteiger partial charge in [-0.1, -0.05) is 5.21 Å². The number of aliphatic hydroxyl groups is 1. The van der Waals surface area contributed by atoms with Crippen molar-refractivity contribution in [1.29, 1.82) is 0 Å². The first-order valence-corrected chi connectivity index (χ1v) is 6.77. The highest BCUT2D eigenvalue weighted by Crippen LogP contribution is 2.41. The lowest BCUT2D eigenvalue weighted by atomic mass is 10.1. The second-order valence-corrected chi connectivity index (χ2v) is 5.20. The van der Waals surface area contributed by atoms with E-state index in [4.69, 9.17) is 9.47 Å². The zero-order chi connectivity index (χ0) is 15.3. The molecule has 116 valence electrons. The maximum Gasteiger partial charge on any atom is 0.330 e. The number of hydrogen-bond donors (Lipinski definition) is 2. The molecule has 22 heavy (non-hydrogen) atoms. The molecule has 1 saturated heterocycles. The summed E-state index contributed by atoms with van der Waals surface area (Å²) in [7, 11) is 0. The molecule has 0 amide bonds. The maximum absolute atomic E-state index is 12.0. The number of H-pyrrole nitrogens is 1. The van der Waals surface area contributed by atoms with Crippen molar-refractivity contribution in [1.82, 2.24) is 24.5 Å². The van der Waals surface area contributed by atoms with E-state index in [-0.39, 0.29) is 19.3 Å². The minimum absolute atomic E-state index is 0.252. The van der Waals surface area contributed by atoms with Gasteiger partial charge in [0.25, 0.3) is 5.56 Å². The monoisotopic (exact) mass is 307 g/mol. The van der Waals surface area contributed by atoms with Crippen LogP contribution in [0.2, 0.25) is 0 Å². The first-order chi connectivity index (χ1) is 10.7. The molecule has 0 spiro atoms. The Morgan fingerprint density at radius 3 is 3.09 bits per heavy atom. The molecule has 4 heterocycles. The Morgan fingerprint density at radius 1 is 1.45 bits per heavy atom. The fourth-order valence-electron chi connectivity index (χ4n) is 3.00. The first kappa shape index (κ1) is 13.4. The number of fused-ring (bicyclic) bond motifs is 3. The van der Waals surface area contributed by atoms with Crippen LogP contribution in [0.15, 0.2) is 28.0 Å². The van der Waals surface area contributed by atoms with Gasteiger partial charge < -0.3 is 14.6 Å². The van der Waals surface area contributed by atoms with E-state index in [1.807, 2.05) is 0 Å². The van der Waals surface area contributed by atoms with Gasteiger partial charge in [-0.2, -0.15) is 0 Å². The van der Waals surface area contributed by atoms with Gasteiger partial charge in [0.2, 0.25) is 0 Å². The molecule has 10 nitrogen and oxygen atoms in total. The fraction of sp³-hybridized carbons (Fsp3) is 0.500. The fourth-order valence-corrected chi connectivity index (χ4v) is 3.00. The average molecular weight is 307 g/mol. The van der Waals surface area contributed by atoms with Crippen molar-refractivity contribution in [3.05, 3.63) is 45.0 Å². The third kappa shape index (κ3) is 1.85. The predicted octanol–water partition coefficient (Wildman–Crippen LogP) is -1.84. The van der Waals surface area contributed by atoms with Gasteiger partial charge in [0, 0.05) is 12.3 Å². The van der Waals surface area contributed by atoms with Crippen LogP contribution in [0.3, 0.4) is 0 Å². The van der Waals surface area contributed by atoms with Crippen LogP contribution in [-0.4, -0.2) is 48.5 Å². The summed E-state index contributed by atoms with van der Waals surface area (Å²) in [6, 6.07) is 0.843. The minimum Gasteiger partial charge on any atom is -0.394 e. The van der Waals surface area contributed by atoms with Gasteiger partial charge in [0.05, 0.1) is 25.1 Å². The molecule has 0 saturated carbocycles. The predicted molar refractivity (Wildman–Crippen MR) is 70.0 cm³/mol. The highest BCUT2D eigenvalue weighted by atomic mass is 16.6. The van der Waals surface area contributed by atoms with E-state index in [1.54, 1.807) is 10.9 Å². The molecule has 2 aromatic rings. The van der Waals surface area contributed by atoms with Crippen molar-refractivity contribution in [2.75, 3.05) is 6.61 Å². The second kappa shape index (κ2) is 4.87. The van der Waals surface area contributed by atoms with E-state index in [9.17, 15) is 14.7 Å². The number of ether oxygens (including phenoxy) is 2. The molecule has 0 bridgehead atoms. The number of rotatable bonds is 2. The average Bonchev–Trinajstić information content (AvgIpc) is 3.10. The molecule has 0 aromatic carbocycles. The summed E-state index contributed by atoms with van der Waals surface area (Å²) in [6.45, 7) is 0.0305. The van der Waals surface area contributed by atoms with Crippen LogP contribution in [0.25, 0.3) is 0 Å². The molecule has 2 N–H and O–H groups in total. The summed E-state index contributed by atoms with van der Waals surface area (Å²) >= 11 is 0. The maximum atomic E-state index is 12.0. The summed E-state index contributed by atoms with van der Waals surface area (Å²) in [6.07, 6.45) is 1.07. The third-order valence-electron chi connectivity index (χ3n) is 3.97. The number of aromatic nitrogens is 5. The number of nitrogens with zero attached hydrogens (tertiary/aromatic N) is 4. The summed E-state index contributed by atoms with van der Waals surface area (Å²) in [4.78, 5) is 25.3. The Kier molecular flexibility index (Phi) is 2.96. The van der Waals surface area contributed by atoms with Crippen LogP contribution in [-0.2, 0) is 16.1 Å². The van der Waals surface area contributed by atoms with Gasteiger partial charge in [-0.3, -0.25) is 14.3 Å². The molecule has 10 heteroatoms. The lowest BCUT2D eigenvalue weighted by Crippen LogP contribution is -2.40. The van der Waals surface area contributed by atoms with Gasteiger partial charge in [0.1, 0.15) is 18.2 Å². The lowest BCUT2D eigenvalue weighted by Gasteiger charge is -2.29. The molecule has 4 atom stereocenters. The Bertz CT molecular complexity index is 810. The minimum atomic E-state index is -0.760. The van der Waals surface area contributed by atoms with Crippen molar-refractivity contribution in [2.45, 2.75) is 31.1 Å². The molecular weight excluding hydrogens is 294 g/mol. The van der Waals surface area contributed by atoms with Gasteiger partial charge in [-0.25, -0.2) is 9.48 Å². The zero-order valence-electron chi connectivity index (χ0n) is 11.3.